The summed E-state index contributed by atoms with van der Waals surface area (Å²) in [5.41, 5.74) is 2.95. The molecule has 0 spiro atoms. The molecule has 1 N–H and O–H groups in total. The Hall–Kier alpha value is -1.02. The molecule has 3 rings (SSSR count). The molecule has 1 saturated heterocycles. The van der Waals surface area contributed by atoms with Gasteiger partial charge < -0.3 is 10.1 Å². The molecule has 21 heavy (non-hydrogen) atoms. The Balaban J connectivity index is 1.75. The topological polar surface area (TPSA) is 21.3 Å². The van der Waals surface area contributed by atoms with Crippen molar-refractivity contribution in [3.05, 3.63) is 29.3 Å². The normalized spacial score (nSPS) is 24.0. The highest BCUT2D eigenvalue weighted by Gasteiger charge is 2.19. The smallest absolute Gasteiger partial charge is 0.122 e. The number of hydrogen-bond donors (Lipinski definition) is 1. The first-order chi connectivity index (χ1) is 10.4. The molecule has 2 heteroatoms. The average molecular weight is 287 g/mol. The molecule has 2 fully saturated rings. The number of ether oxygens (including phenoxy) is 1. The van der Waals surface area contributed by atoms with E-state index in [4.69, 9.17) is 4.74 Å². The highest BCUT2D eigenvalue weighted by molar-refractivity contribution is 5.39. The van der Waals surface area contributed by atoms with Gasteiger partial charge in [-0.3, -0.25) is 0 Å². The predicted octanol–water partition coefficient (Wildman–Crippen LogP) is 4.43. The van der Waals surface area contributed by atoms with Crippen LogP contribution in [0.3, 0.4) is 0 Å². The zero-order chi connectivity index (χ0) is 14.5. The van der Waals surface area contributed by atoms with Gasteiger partial charge in [0.15, 0.2) is 0 Å². The Kier molecular flexibility index (Phi) is 5.18. The molecule has 116 valence electrons. The van der Waals surface area contributed by atoms with E-state index in [1.807, 2.05) is 0 Å². The lowest BCUT2D eigenvalue weighted by Gasteiger charge is -2.26. The second-order valence-corrected chi connectivity index (χ2v) is 6.76. The fourth-order valence-corrected chi connectivity index (χ4v) is 4.01. The van der Waals surface area contributed by atoms with Crippen molar-refractivity contribution in [1.82, 2.24) is 5.32 Å². The van der Waals surface area contributed by atoms with Gasteiger partial charge in [-0.05, 0) is 61.8 Å². The van der Waals surface area contributed by atoms with Gasteiger partial charge in [0.2, 0.25) is 0 Å². The van der Waals surface area contributed by atoms with Gasteiger partial charge in [0.05, 0.1) is 7.11 Å². The monoisotopic (exact) mass is 287 g/mol. The molecule has 2 aliphatic rings. The van der Waals surface area contributed by atoms with Crippen molar-refractivity contribution in [2.45, 2.75) is 69.7 Å². The average Bonchev–Trinajstić information content (AvgIpc) is 2.56. The summed E-state index contributed by atoms with van der Waals surface area (Å²) in [6.07, 6.45) is 12.1. The highest BCUT2D eigenvalue weighted by Crippen LogP contribution is 2.35. The Labute approximate surface area is 129 Å². The Morgan fingerprint density at radius 2 is 1.86 bits per heavy atom. The minimum Gasteiger partial charge on any atom is -0.496 e. The van der Waals surface area contributed by atoms with Crippen LogP contribution in [-0.2, 0) is 6.42 Å². The number of rotatable bonds is 4. The van der Waals surface area contributed by atoms with Gasteiger partial charge in [0.1, 0.15) is 5.75 Å². The summed E-state index contributed by atoms with van der Waals surface area (Å²) >= 11 is 0. The van der Waals surface area contributed by atoms with Crippen LogP contribution in [0.1, 0.15) is 68.4 Å². The van der Waals surface area contributed by atoms with Gasteiger partial charge in [-0.2, -0.15) is 0 Å². The van der Waals surface area contributed by atoms with E-state index in [9.17, 15) is 0 Å². The number of hydrogen-bond acceptors (Lipinski definition) is 2. The molecule has 1 unspecified atom stereocenters. The molecular weight excluding hydrogens is 258 g/mol. The number of methoxy groups -OCH3 is 1. The molecule has 0 amide bonds. The van der Waals surface area contributed by atoms with Crippen LogP contribution in [0.15, 0.2) is 18.2 Å². The summed E-state index contributed by atoms with van der Waals surface area (Å²) < 4.78 is 5.60. The fourth-order valence-electron chi connectivity index (χ4n) is 4.01. The van der Waals surface area contributed by atoms with E-state index < -0.39 is 0 Å². The van der Waals surface area contributed by atoms with Crippen LogP contribution in [-0.4, -0.2) is 19.7 Å². The summed E-state index contributed by atoms with van der Waals surface area (Å²) in [7, 11) is 1.80. The molecule has 0 aromatic heterocycles. The fraction of sp³-hybridized carbons (Fsp3) is 0.684. The summed E-state index contributed by atoms with van der Waals surface area (Å²) in [5.74, 6) is 1.85. The van der Waals surface area contributed by atoms with E-state index in [-0.39, 0.29) is 0 Å². The first-order valence-corrected chi connectivity index (χ1v) is 8.77. The van der Waals surface area contributed by atoms with Crippen molar-refractivity contribution >= 4 is 0 Å². The maximum Gasteiger partial charge on any atom is 0.122 e. The Morgan fingerprint density at radius 3 is 2.57 bits per heavy atom. The molecule has 1 aliphatic heterocycles. The summed E-state index contributed by atoms with van der Waals surface area (Å²) in [4.78, 5) is 0. The maximum atomic E-state index is 5.60. The molecular formula is C19H29NO. The maximum absolute atomic E-state index is 5.60. The van der Waals surface area contributed by atoms with Crippen LogP contribution in [0.25, 0.3) is 0 Å². The van der Waals surface area contributed by atoms with Crippen LogP contribution in [0.5, 0.6) is 5.75 Å². The van der Waals surface area contributed by atoms with Crippen molar-refractivity contribution in [2.75, 3.05) is 13.7 Å². The highest BCUT2D eigenvalue weighted by atomic mass is 16.5. The Bertz CT molecular complexity index is 445. The molecule has 1 aliphatic carbocycles. The molecule has 2 nitrogen and oxygen atoms in total. The van der Waals surface area contributed by atoms with E-state index in [1.54, 1.807) is 12.7 Å². The minimum atomic E-state index is 0.634. The third-order valence-corrected chi connectivity index (χ3v) is 5.26. The predicted molar refractivity (Wildman–Crippen MR) is 88.2 cm³/mol. The summed E-state index contributed by atoms with van der Waals surface area (Å²) in [5, 5.41) is 3.66. The lowest BCUT2D eigenvalue weighted by Crippen LogP contribution is -2.35. The van der Waals surface area contributed by atoms with Crippen molar-refractivity contribution in [3.8, 4) is 5.75 Å². The molecule has 1 saturated carbocycles. The van der Waals surface area contributed by atoms with Crippen LogP contribution in [0, 0.1) is 0 Å². The molecule has 1 aromatic carbocycles. The molecule has 1 atom stereocenters. The second kappa shape index (κ2) is 7.31. The Morgan fingerprint density at radius 1 is 1.05 bits per heavy atom. The van der Waals surface area contributed by atoms with E-state index in [1.165, 1.54) is 63.5 Å². The quantitative estimate of drug-likeness (QED) is 0.884. The van der Waals surface area contributed by atoms with E-state index in [0.29, 0.717) is 6.04 Å². The van der Waals surface area contributed by atoms with Crippen LogP contribution < -0.4 is 10.1 Å². The van der Waals surface area contributed by atoms with Crippen molar-refractivity contribution in [3.63, 3.8) is 0 Å². The SMILES string of the molecule is COc1ccc(C2CCCCC2)cc1CC1CCCCN1. The van der Waals surface area contributed by atoms with Gasteiger partial charge in [-0.1, -0.05) is 37.8 Å². The van der Waals surface area contributed by atoms with Gasteiger partial charge in [0.25, 0.3) is 0 Å². The van der Waals surface area contributed by atoms with Crippen LogP contribution in [0.2, 0.25) is 0 Å². The standard InChI is InChI=1S/C19H29NO/c1-21-19-11-10-16(15-7-3-2-4-8-15)13-17(19)14-18-9-5-6-12-20-18/h10-11,13,15,18,20H,2-9,12,14H2,1H3. The third-order valence-electron chi connectivity index (χ3n) is 5.26. The van der Waals surface area contributed by atoms with E-state index >= 15 is 0 Å². The van der Waals surface area contributed by atoms with Gasteiger partial charge in [0, 0.05) is 6.04 Å². The number of nitrogens with one attached hydrogen (secondary N) is 1. The molecule has 1 aromatic rings. The van der Waals surface area contributed by atoms with Gasteiger partial charge >= 0.3 is 0 Å². The van der Waals surface area contributed by atoms with Gasteiger partial charge in [-0.25, -0.2) is 0 Å². The summed E-state index contributed by atoms with van der Waals surface area (Å²) in [6, 6.07) is 7.56. The first-order valence-electron chi connectivity index (χ1n) is 8.77. The van der Waals surface area contributed by atoms with Gasteiger partial charge in [-0.15, -0.1) is 0 Å². The first kappa shape index (κ1) is 14.9. The minimum absolute atomic E-state index is 0.634. The third kappa shape index (κ3) is 3.79. The molecule has 1 heterocycles. The van der Waals surface area contributed by atoms with Crippen LogP contribution >= 0.6 is 0 Å². The largest absolute Gasteiger partial charge is 0.496 e. The second-order valence-electron chi connectivity index (χ2n) is 6.76. The summed E-state index contributed by atoms with van der Waals surface area (Å²) in [6.45, 7) is 1.18. The van der Waals surface area contributed by atoms with Crippen molar-refractivity contribution in [2.24, 2.45) is 0 Å². The zero-order valence-corrected chi connectivity index (χ0v) is 13.4. The lowest BCUT2D eigenvalue weighted by atomic mass is 9.83. The molecule has 0 radical (unpaired) electrons. The number of piperidine rings is 1. The van der Waals surface area contributed by atoms with E-state index in [2.05, 4.69) is 23.5 Å². The number of benzene rings is 1. The van der Waals surface area contributed by atoms with Crippen molar-refractivity contribution < 1.29 is 4.74 Å². The van der Waals surface area contributed by atoms with E-state index in [0.717, 1.165) is 18.1 Å². The lowest BCUT2D eigenvalue weighted by molar-refractivity contribution is 0.380. The zero-order valence-electron chi connectivity index (χ0n) is 13.4. The van der Waals surface area contributed by atoms with Crippen LogP contribution in [0.4, 0.5) is 0 Å². The molecule has 0 bridgehead atoms. The van der Waals surface area contributed by atoms with Crippen molar-refractivity contribution in [1.29, 1.82) is 0 Å².